The fraction of sp³-hybridized carbons (Fsp3) is 0.632. The highest BCUT2D eigenvalue weighted by Gasteiger charge is 2.40. The maximum absolute atomic E-state index is 12.4. The van der Waals surface area contributed by atoms with E-state index in [-0.39, 0.29) is 12.1 Å². The van der Waals surface area contributed by atoms with E-state index in [0.29, 0.717) is 25.7 Å². The summed E-state index contributed by atoms with van der Waals surface area (Å²) in [5.74, 6) is 0. The van der Waals surface area contributed by atoms with E-state index in [0.717, 1.165) is 6.42 Å². The lowest BCUT2D eigenvalue weighted by molar-refractivity contribution is 0.0192. The summed E-state index contributed by atoms with van der Waals surface area (Å²) in [6, 6.07) is 7.17. The molecular formula is C19H28N2O3. The van der Waals surface area contributed by atoms with Crippen LogP contribution >= 0.6 is 0 Å². The number of hydrogen-bond acceptors (Lipinski definition) is 4. The molecule has 1 aromatic carbocycles. The number of rotatable bonds is 2. The molecule has 2 aliphatic rings. The van der Waals surface area contributed by atoms with Crippen LogP contribution in [0.4, 0.5) is 10.5 Å². The highest BCUT2D eigenvalue weighted by atomic mass is 16.6. The summed E-state index contributed by atoms with van der Waals surface area (Å²) in [7, 11) is 1.72. The van der Waals surface area contributed by atoms with Gasteiger partial charge in [0.15, 0.2) is 0 Å². The van der Waals surface area contributed by atoms with Crippen molar-refractivity contribution in [2.45, 2.75) is 58.4 Å². The average Bonchev–Trinajstić information content (AvgIpc) is 2.84. The molecule has 0 bridgehead atoms. The van der Waals surface area contributed by atoms with Crippen LogP contribution < -0.4 is 4.90 Å². The van der Waals surface area contributed by atoms with E-state index in [9.17, 15) is 4.79 Å². The zero-order valence-electron chi connectivity index (χ0n) is 15.3. The fourth-order valence-electron chi connectivity index (χ4n) is 3.79. The average molecular weight is 332 g/mol. The Balaban J connectivity index is 1.76. The zero-order valence-corrected chi connectivity index (χ0v) is 15.3. The first-order valence-corrected chi connectivity index (χ1v) is 8.65. The molecule has 2 aliphatic heterocycles. The minimum atomic E-state index is -0.453. The Hall–Kier alpha value is -1.75. The first kappa shape index (κ1) is 17.1. The number of fused-ring (bicyclic) bond motifs is 3. The van der Waals surface area contributed by atoms with E-state index in [1.165, 1.54) is 16.8 Å². The summed E-state index contributed by atoms with van der Waals surface area (Å²) in [6.07, 6.45) is 0.775. The van der Waals surface area contributed by atoms with Crippen LogP contribution in [0.5, 0.6) is 0 Å². The number of benzene rings is 1. The number of hydrogen-bond donors (Lipinski definition) is 0. The number of anilines is 1. The molecule has 0 radical (unpaired) electrons. The topological polar surface area (TPSA) is 42.0 Å². The smallest absolute Gasteiger partial charge is 0.410 e. The molecule has 1 saturated heterocycles. The second-order valence-corrected chi connectivity index (χ2v) is 7.90. The Labute approximate surface area is 144 Å². The lowest BCUT2D eigenvalue weighted by Crippen LogP contribution is -2.58. The maximum Gasteiger partial charge on any atom is 0.410 e. The molecule has 1 aromatic rings. The van der Waals surface area contributed by atoms with Crippen molar-refractivity contribution in [1.82, 2.24) is 4.90 Å². The molecule has 1 amide bonds. The fourth-order valence-corrected chi connectivity index (χ4v) is 3.79. The molecule has 24 heavy (non-hydrogen) atoms. The van der Waals surface area contributed by atoms with Crippen LogP contribution in [-0.4, -0.2) is 48.9 Å². The number of nitrogens with zero attached hydrogens (tertiary/aromatic N) is 2. The van der Waals surface area contributed by atoms with Crippen LogP contribution in [0.1, 0.15) is 38.8 Å². The van der Waals surface area contributed by atoms with Gasteiger partial charge in [0.2, 0.25) is 0 Å². The van der Waals surface area contributed by atoms with Gasteiger partial charge in [0.25, 0.3) is 0 Å². The Morgan fingerprint density at radius 1 is 1.29 bits per heavy atom. The maximum atomic E-state index is 12.4. The van der Waals surface area contributed by atoms with Crippen LogP contribution in [0.2, 0.25) is 0 Å². The molecule has 0 aromatic heterocycles. The quantitative estimate of drug-likeness (QED) is 0.834. The first-order valence-electron chi connectivity index (χ1n) is 8.65. The minimum absolute atomic E-state index is 0.204. The summed E-state index contributed by atoms with van der Waals surface area (Å²) in [4.78, 5) is 16.8. The van der Waals surface area contributed by atoms with Gasteiger partial charge in [0.1, 0.15) is 5.60 Å². The summed E-state index contributed by atoms with van der Waals surface area (Å²) in [5, 5.41) is 0. The molecule has 0 N–H and O–H groups in total. The highest BCUT2D eigenvalue weighted by molar-refractivity contribution is 5.70. The SMILES string of the molecule is COCc1ccc2c(c1)N1C(C)CN(C(=O)OC(C)(C)C)CC1C2. The minimum Gasteiger partial charge on any atom is -0.444 e. The molecule has 5 heteroatoms. The van der Waals surface area contributed by atoms with Crippen molar-refractivity contribution < 1.29 is 14.3 Å². The molecule has 0 saturated carbocycles. The lowest BCUT2D eigenvalue weighted by atomic mass is 10.1. The second-order valence-electron chi connectivity index (χ2n) is 7.90. The van der Waals surface area contributed by atoms with Crippen molar-refractivity contribution in [3.63, 3.8) is 0 Å². The number of amides is 1. The van der Waals surface area contributed by atoms with Gasteiger partial charge in [-0.15, -0.1) is 0 Å². The molecular weight excluding hydrogens is 304 g/mol. The van der Waals surface area contributed by atoms with Gasteiger partial charge in [-0.2, -0.15) is 0 Å². The summed E-state index contributed by atoms with van der Waals surface area (Å²) in [6.45, 7) is 9.95. The Morgan fingerprint density at radius 2 is 2.04 bits per heavy atom. The predicted octanol–water partition coefficient (Wildman–Crippen LogP) is 3.20. The van der Waals surface area contributed by atoms with Crippen LogP contribution in [0.15, 0.2) is 18.2 Å². The van der Waals surface area contributed by atoms with Gasteiger partial charge in [0.05, 0.1) is 12.6 Å². The van der Waals surface area contributed by atoms with Crippen LogP contribution in [-0.2, 0) is 22.5 Å². The lowest BCUT2D eigenvalue weighted by Gasteiger charge is -2.44. The van der Waals surface area contributed by atoms with Crippen molar-refractivity contribution in [3.8, 4) is 0 Å². The van der Waals surface area contributed by atoms with E-state index >= 15 is 0 Å². The van der Waals surface area contributed by atoms with E-state index in [4.69, 9.17) is 9.47 Å². The molecule has 0 aliphatic carbocycles. The molecule has 2 heterocycles. The van der Waals surface area contributed by atoms with Crippen molar-refractivity contribution in [2.75, 3.05) is 25.1 Å². The predicted molar refractivity (Wildman–Crippen MR) is 94.4 cm³/mol. The van der Waals surface area contributed by atoms with Gasteiger partial charge in [-0.25, -0.2) is 4.79 Å². The molecule has 2 atom stereocenters. The van der Waals surface area contributed by atoms with Crippen LogP contribution in [0.3, 0.4) is 0 Å². The Bertz CT molecular complexity index is 624. The normalized spacial score (nSPS) is 23.0. The number of carbonyl (C=O) groups excluding carboxylic acids is 1. The summed E-state index contributed by atoms with van der Waals surface area (Å²) >= 11 is 0. The standard InChI is InChI=1S/C19H28N2O3/c1-13-10-20(18(22)24-19(2,3)4)11-16-9-15-7-6-14(12-23-5)8-17(15)21(13)16/h6-8,13,16H,9-12H2,1-5H3. The van der Waals surface area contributed by atoms with Gasteiger partial charge in [-0.3, -0.25) is 0 Å². The number of ether oxygens (including phenoxy) is 2. The molecule has 0 spiro atoms. The third-order valence-corrected chi connectivity index (χ3v) is 4.63. The molecule has 3 rings (SSSR count). The van der Waals surface area contributed by atoms with E-state index in [1.807, 2.05) is 25.7 Å². The van der Waals surface area contributed by atoms with Gasteiger partial charge in [0, 0.05) is 31.9 Å². The number of carbonyl (C=O) groups is 1. The second kappa shape index (κ2) is 6.28. The van der Waals surface area contributed by atoms with Gasteiger partial charge < -0.3 is 19.3 Å². The molecule has 2 unspecified atom stereocenters. The summed E-state index contributed by atoms with van der Waals surface area (Å²) in [5.41, 5.74) is 3.40. The van der Waals surface area contributed by atoms with Crippen LogP contribution in [0, 0.1) is 0 Å². The van der Waals surface area contributed by atoms with E-state index in [2.05, 4.69) is 30.0 Å². The largest absolute Gasteiger partial charge is 0.444 e. The molecule has 1 fully saturated rings. The van der Waals surface area contributed by atoms with Gasteiger partial charge in [-0.05, 0) is 51.3 Å². The zero-order chi connectivity index (χ0) is 17.5. The van der Waals surface area contributed by atoms with Crippen molar-refractivity contribution >= 4 is 11.8 Å². The van der Waals surface area contributed by atoms with Crippen LogP contribution in [0.25, 0.3) is 0 Å². The third kappa shape index (κ3) is 3.36. The molecule has 132 valence electrons. The summed E-state index contributed by atoms with van der Waals surface area (Å²) < 4.78 is 10.8. The van der Waals surface area contributed by atoms with E-state index in [1.54, 1.807) is 7.11 Å². The van der Waals surface area contributed by atoms with E-state index < -0.39 is 5.60 Å². The highest BCUT2D eigenvalue weighted by Crippen LogP contribution is 2.37. The molecule has 5 nitrogen and oxygen atoms in total. The first-order chi connectivity index (χ1) is 11.3. The van der Waals surface area contributed by atoms with Crippen molar-refractivity contribution in [1.29, 1.82) is 0 Å². The van der Waals surface area contributed by atoms with Crippen molar-refractivity contribution in [2.24, 2.45) is 0 Å². The monoisotopic (exact) mass is 332 g/mol. The number of methoxy groups -OCH3 is 1. The Morgan fingerprint density at radius 3 is 2.71 bits per heavy atom. The van der Waals surface area contributed by atoms with Crippen molar-refractivity contribution in [3.05, 3.63) is 29.3 Å². The van der Waals surface area contributed by atoms with Gasteiger partial charge in [-0.1, -0.05) is 12.1 Å². The third-order valence-electron chi connectivity index (χ3n) is 4.63. The Kier molecular flexibility index (Phi) is 4.47. The number of piperazine rings is 1. The van der Waals surface area contributed by atoms with Gasteiger partial charge >= 0.3 is 6.09 Å².